The van der Waals surface area contributed by atoms with Crippen LogP contribution in [0.4, 0.5) is 0 Å². The second kappa shape index (κ2) is 4.27. The Hall–Kier alpha value is -1.33. The lowest BCUT2D eigenvalue weighted by molar-refractivity contribution is 0.0601. The normalized spacial score (nSPS) is 13.4. The zero-order valence-corrected chi connectivity index (χ0v) is 9.06. The first-order chi connectivity index (χ1) is 7.63. The minimum atomic E-state index is -1.64. The van der Waals surface area contributed by atoms with Gasteiger partial charge in [-0.3, -0.25) is 0 Å². The third kappa shape index (κ3) is 1.84. The Morgan fingerprint density at radius 3 is 2.50 bits per heavy atom. The van der Waals surface area contributed by atoms with Crippen molar-refractivity contribution in [3.63, 3.8) is 0 Å². The number of esters is 1. The van der Waals surface area contributed by atoms with E-state index in [9.17, 15) is 14.8 Å². The number of aryl methyl sites for hydroxylation is 2. The number of fused-ring (bicyclic) bond motifs is 1. The molecule has 2 rings (SSSR count). The molecule has 0 aromatic heterocycles. The van der Waals surface area contributed by atoms with Crippen molar-refractivity contribution in [2.45, 2.75) is 19.3 Å². The van der Waals surface area contributed by atoms with Crippen molar-refractivity contribution in [1.29, 1.82) is 0 Å². The summed E-state index contributed by atoms with van der Waals surface area (Å²) in [6, 6.07) is 3.40. The summed E-state index contributed by atoms with van der Waals surface area (Å²) < 4.78 is 4.63. The average Bonchev–Trinajstić information content (AvgIpc) is 2.73. The first kappa shape index (κ1) is 11.2. The molecule has 0 spiro atoms. The highest BCUT2D eigenvalue weighted by Gasteiger charge is 2.24. The second-order valence-corrected chi connectivity index (χ2v) is 3.93. The highest BCUT2D eigenvalue weighted by atomic mass is 16.5. The molecule has 1 aromatic carbocycles. The zero-order valence-electron chi connectivity index (χ0n) is 9.06. The predicted molar refractivity (Wildman–Crippen MR) is 59.6 cm³/mol. The molecule has 0 atom stereocenters. The fourth-order valence-corrected chi connectivity index (χ4v) is 2.14. The number of carbonyl (C=O) groups is 1. The van der Waals surface area contributed by atoms with Crippen LogP contribution in [0.2, 0.25) is 0 Å². The van der Waals surface area contributed by atoms with Gasteiger partial charge < -0.3 is 14.8 Å². The van der Waals surface area contributed by atoms with Gasteiger partial charge in [-0.15, -0.1) is 0 Å². The van der Waals surface area contributed by atoms with Crippen LogP contribution < -0.4 is 5.46 Å². The Morgan fingerprint density at radius 1 is 1.31 bits per heavy atom. The van der Waals surface area contributed by atoms with Crippen LogP contribution in [0.1, 0.15) is 27.9 Å². The molecule has 2 N–H and O–H groups in total. The molecule has 0 saturated carbocycles. The summed E-state index contributed by atoms with van der Waals surface area (Å²) in [5, 5.41) is 18.5. The van der Waals surface area contributed by atoms with Gasteiger partial charge in [0.15, 0.2) is 0 Å². The molecule has 0 saturated heterocycles. The first-order valence-electron chi connectivity index (χ1n) is 5.23. The van der Waals surface area contributed by atoms with Crippen LogP contribution in [-0.4, -0.2) is 30.2 Å². The van der Waals surface area contributed by atoms with Crippen molar-refractivity contribution in [2.75, 3.05) is 7.11 Å². The molecule has 84 valence electrons. The van der Waals surface area contributed by atoms with Gasteiger partial charge in [0.05, 0.1) is 12.7 Å². The highest BCUT2D eigenvalue weighted by molar-refractivity contribution is 6.60. The lowest BCUT2D eigenvalue weighted by Crippen LogP contribution is -2.35. The molecular weight excluding hydrogens is 207 g/mol. The van der Waals surface area contributed by atoms with Crippen molar-refractivity contribution in [2.24, 2.45) is 0 Å². The van der Waals surface area contributed by atoms with E-state index in [2.05, 4.69) is 4.74 Å². The van der Waals surface area contributed by atoms with Crippen molar-refractivity contribution in [3.8, 4) is 0 Å². The van der Waals surface area contributed by atoms with Gasteiger partial charge in [-0.25, -0.2) is 4.79 Å². The number of hydrogen-bond donors (Lipinski definition) is 2. The first-order valence-corrected chi connectivity index (χ1v) is 5.23. The van der Waals surface area contributed by atoms with E-state index in [1.165, 1.54) is 7.11 Å². The molecule has 16 heavy (non-hydrogen) atoms. The third-order valence-corrected chi connectivity index (χ3v) is 2.95. The summed E-state index contributed by atoms with van der Waals surface area (Å²) in [7, 11) is -0.358. The summed E-state index contributed by atoms with van der Waals surface area (Å²) in [6.45, 7) is 0. The van der Waals surface area contributed by atoms with Gasteiger partial charge >= 0.3 is 13.1 Å². The van der Waals surface area contributed by atoms with E-state index in [-0.39, 0.29) is 11.0 Å². The largest absolute Gasteiger partial charge is 0.489 e. The maximum atomic E-state index is 11.5. The van der Waals surface area contributed by atoms with Crippen LogP contribution in [0.5, 0.6) is 0 Å². The molecule has 0 unspecified atom stereocenters. The molecule has 1 aromatic rings. The van der Waals surface area contributed by atoms with Crippen molar-refractivity contribution in [3.05, 3.63) is 28.8 Å². The van der Waals surface area contributed by atoms with E-state index in [1.54, 1.807) is 12.1 Å². The van der Waals surface area contributed by atoms with Crippen LogP contribution in [0.25, 0.3) is 0 Å². The maximum absolute atomic E-state index is 11.5. The monoisotopic (exact) mass is 220 g/mol. The zero-order chi connectivity index (χ0) is 11.7. The molecule has 1 aliphatic carbocycles. The topological polar surface area (TPSA) is 66.8 Å². The Labute approximate surface area is 94.0 Å². The Kier molecular flexibility index (Phi) is 2.98. The van der Waals surface area contributed by atoms with E-state index in [0.717, 1.165) is 30.4 Å². The fraction of sp³-hybridized carbons (Fsp3) is 0.364. The molecule has 0 fully saturated rings. The minimum absolute atomic E-state index is 0.229. The van der Waals surface area contributed by atoms with Gasteiger partial charge in [-0.05, 0) is 41.9 Å². The van der Waals surface area contributed by atoms with Crippen molar-refractivity contribution in [1.82, 2.24) is 0 Å². The Balaban J connectivity index is 2.53. The van der Waals surface area contributed by atoms with Crippen LogP contribution >= 0.6 is 0 Å². The van der Waals surface area contributed by atoms with Crippen LogP contribution in [-0.2, 0) is 17.6 Å². The maximum Gasteiger partial charge on any atom is 0.489 e. The van der Waals surface area contributed by atoms with Crippen LogP contribution in [0.3, 0.4) is 0 Å². The smallest absolute Gasteiger partial charge is 0.465 e. The van der Waals surface area contributed by atoms with Gasteiger partial charge in [0.1, 0.15) is 0 Å². The predicted octanol–water partition coefficient (Wildman–Crippen LogP) is -0.358. The summed E-state index contributed by atoms with van der Waals surface area (Å²) >= 11 is 0. The number of ether oxygens (including phenoxy) is 1. The molecule has 0 bridgehead atoms. The van der Waals surface area contributed by atoms with E-state index >= 15 is 0 Å². The average molecular weight is 220 g/mol. The Morgan fingerprint density at radius 2 is 1.94 bits per heavy atom. The lowest BCUT2D eigenvalue weighted by atomic mass is 9.75. The van der Waals surface area contributed by atoms with Gasteiger partial charge in [0, 0.05) is 0 Å². The summed E-state index contributed by atoms with van der Waals surface area (Å²) in [6.07, 6.45) is 2.90. The van der Waals surface area contributed by atoms with E-state index < -0.39 is 13.1 Å². The fourth-order valence-electron chi connectivity index (χ4n) is 2.14. The standard InChI is InChI=1S/C11H13BO4/c1-16-11(13)9-5-7-3-2-4-8(7)6-10(9)12(14)15/h5-6,14-15H,2-4H2,1H3. The molecule has 4 nitrogen and oxygen atoms in total. The number of methoxy groups -OCH3 is 1. The third-order valence-electron chi connectivity index (χ3n) is 2.95. The van der Waals surface area contributed by atoms with Crippen LogP contribution in [0.15, 0.2) is 12.1 Å². The SMILES string of the molecule is COC(=O)c1cc2c(cc1B(O)O)CCC2. The molecule has 0 heterocycles. The van der Waals surface area contributed by atoms with Gasteiger partial charge in [0.25, 0.3) is 0 Å². The number of carbonyl (C=O) groups excluding carboxylic acids is 1. The molecule has 1 aliphatic rings. The van der Waals surface area contributed by atoms with E-state index in [0.29, 0.717) is 0 Å². The van der Waals surface area contributed by atoms with Gasteiger partial charge in [-0.1, -0.05) is 6.07 Å². The molecule has 0 aliphatic heterocycles. The number of rotatable bonds is 2. The van der Waals surface area contributed by atoms with Crippen molar-refractivity contribution >= 4 is 18.6 Å². The van der Waals surface area contributed by atoms with Crippen molar-refractivity contribution < 1.29 is 19.6 Å². The van der Waals surface area contributed by atoms with Gasteiger partial charge in [-0.2, -0.15) is 0 Å². The minimum Gasteiger partial charge on any atom is -0.465 e. The van der Waals surface area contributed by atoms with E-state index in [4.69, 9.17) is 0 Å². The molecular formula is C11H13BO4. The Bertz CT molecular complexity index is 428. The highest BCUT2D eigenvalue weighted by Crippen LogP contribution is 2.22. The number of benzene rings is 1. The summed E-state index contributed by atoms with van der Waals surface area (Å²) in [5.74, 6) is -0.530. The van der Waals surface area contributed by atoms with Crippen LogP contribution in [0, 0.1) is 0 Å². The quantitative estimate of drug-likeness (QED) is 0.527. The molecule has 0 radical (unpaired) electrons. The number of hydrogen-bond acceptors (Lipinski definition) is 4. The molecule has 5 heteroatoms. The second-order valence-electron chi connectivity index (χ2n) is 3.93. The lowest BCUT2D eigenvalue weighted by Gasteiger charge is -2.10. The molecule has 0 amide bonds. The summed E-state index contributed by atoms with van der Waals surface area (Å²) in [5.41, 5.74) is 2.67. The van der Waals surface area contributed by atoms with E-state index in [1.807, 2.05) is 0 Å². The summed E-state index contributed by atoms with van der Waals surface area (Å²) in [4.78, 5) is 11.5. The van der Waals surface area contributed by atoms with Gasteiger partial charge in [0.2, 0.25) is 0 Å².